The van der Waals surface area contributed by atoms with Crippen LogP contribution >= 0.6 is 15.8 Å². The van der Waals surface area contributed by atoms with Crippen molar-refractivity contribution in [2.45, 2.75) is 24.2 Å². The highest BCUT2D eigenvalue weighted by Gasteiger charge is 2.34. The van der Waals surface area contributed by atoms with Crippen molar-refractivity contribution >= 4 is 48.6 Å². The van der Waals surface area contributed by atoms with Crippen LogP contribution in [0, 0.1) is 0 Å². The van der Waals surface area contributed by atoms with Gasteiger partial charge in [-0.05, 0) is 73.2 Å². The van der Waals surface area contributed by atoms with Crippen LogP contribution in [0.15, 0.2) is 200 Å². The van der Waals surface area contributed by atoms with Crippen LogP contribution < -0.4 is 26.0 Å². The first-order valence-corrected chi connectivity index (χ1v) is 21.1. The zero-order chi connectivity index (χ0) is 37.1. The molecule has 7 aromatic carbocycles. The topological polar surface area (TPSA) is 43.4 Å². The Bertz CT molecular complexity index is 2010. The largest absolute Gasteiger partial charge is 0.497 e. The van der Waals surface area contributed by atoms with Crippen LogP contribution in [-0.4, -0.2) is 30.0 Å². The number of methoxy groups -OCH3 is 1. The van der Waals surface area contributed by atoms with Crippen molar-refractivity contribution in [3.05, 3.63) is 222 Å². The molecule has 0 aliphatic carbocycles. The van der Waals surface area contributed by atoms with E-state index in [1.807, 2.05) is 84.9 Å². The molecular formula is C49H42O3P2. The summed E-state index contributed by atoms with van der Waals surface area (Å²) in [6.07, 6.45) is 1.02. The lowest BCUT2D eigenvalue weighted by Gasteiger charge is -2.29. The summed E-state index contributed by atoms with van der Waals surface area (Å²) in [5.41, 5.74) is 2.73. The van der Waals surface area contributed by atoms with Crippen LogP contribution in [0.3, 0.4) is 0 Å². The van der Waals surface area contributed by atoms with E-state index in [1.54, 1.807) is 7.11 Å². The van der Waals surface area contributed by atoms with Gasteiger partial charge in [0.05, 0.1) is 18.4 Å². The van der Waals surface area contributed by atoms with Gasteiger partial charge in [0.1, 0.15) is 5.75 Å². The Morgan fingerprint density at radius 1 is 0.426 bits per heavy atom. The molecule has 0 spiro atoms. The molecule has 0 bridgehead atoms. The van der Waals surface area contributed by atoms with Crippen molar-refractivity contribution in [3.63, 3.8) is 0 Å². The van der Waals surface area contributed by atoms with E-state index >= 15 is 0 Å². The van der Waals surface area contributed by atoms with Gasteiger partial charge in [-0.3, -0.25) is 9.59 Å². The maximum atomic E-state index is 14.7. The first kappa shape index (κ1) is 36.9. The van der Waals surface area contributed by atoms with Crippen LogP contribution in [0.4, 0.5) is 0 Å². The molecule has 0 heterocycles. The molecule has 2 atom stereocenters. The van der Waals surface area contributed by atoms with Crippen molar-refractivity contribution in [2.24, 2.45) is 0 Å². The molecule has 0 fully saturated rings. The van der Waals surface area contributed by atoms with Crippen molar-refractivity contribution in [1.82, 2.24) is 0 Å². The molecule has 0 N–H and O–H groups in total. The third-order valence-electron chi connectivity index (χ3n) is 9.60. The second kappa shape index (κ2) is 18.0. The zero-order valence-corrected chi connectivity index (χ0v) is 32.0. The molecule has 0 amide bonds. The lowest BCUT2D eigenvalue weighted by Crippen LogP contribution is -2.31. The minimum absolute atomic E-state index is 0.118. The highest BCUT2D eigenvalue weighted by molar-refractivity contribution is 7.75. The number of ketones is 2. The van der Waals surface area contributed by atoms with E-state index in [2.05, 4.69) is 115 Å². The summed E-state index contributed by atoms with van der Waals surface area (Å²) in [6.45, 7) is 0. The molecular weight excluding hydrogens is 698 g/mol. The Morgan fingerprint density at radius 3 is 0.981 bits per heavy atom. The summed E-state index contributed by atoms with van der Waals surface area (Å²) in [6, 6.07) is 67.4. The van der Waals surface area contributed by atoms with E-state index in [-0.39, 0.29) is 22.9 Å². The van der Waals surface area contributed by atoms with Gasteiger partial charge in [0.25, 0.3) is 0 Å². The average Bonchev–Trinajstić information content (AvgIpc) is 3.25. The number of Topliss-reactive ketones (excluding diaryl/α,β-unsaturated/α-hetero) is 2. The van der Waals surface area contributed by atoms with Crippen molar-refractivity contribution in [3.8, 4) is 5.75 Å². The van der Waals surface area contributed by atoms with Gasteiger partial charge >= 0.3 is 0 Å². The fourth-order valence-corrected chi connectivity index (χ4v) is 12.7. The summed E-state index contributed by atoms with van der Waals surface area (Å²) in [5, 5.41) is 4.61. The molecule has 0 aromatic heterocycles. The number of benzene rings is 7. The quantitative estimate of drug-likeness (QED) is 0.0778. The Morgan fingerprint density at radius 2 is 0.704 bits per heavy atom. The van der Waals surface area contributed by atoms with Gasteiger partial charge in [-0.1, -0.05) is 188 Å². The minimum atomic E-state index is -1.09. The van der Waals surface area contributed by atoms with Crippen LogP contribution in [0.1, 0.15) is 31.8 Å². The summed E-state index contributed by atoms with van der Waals surface area (Å²) in [7, 11) is -0.504. The third kappa shape index (κ3) is 8.83. The third-order valence-corrected chi connectivity index (χ3v) is 15.1. The average molecular weight is 741 g/mol. The molecule has 5 heteroatoms. The van der Waals surface area contributed by atoms with Crippen molar-refractivity contribution in [1.29, 1.82) is 0 Å². The molecule has 0 unspecified atom stereocenters. The fraction of sp³-hybridized carbons (Fsp3) is 0.102. The molecule has 0 aliphatic rings. The van der Waals surface area contributed by atoms with Gasteiger partial charge in [-0.15, -0.1) is 0 Å². The number of ether oxygens (including phenoxy) is 1. The number of carbonyl (C=O) groups excluding carboxylic acids is 2. The van der Waals surface area contributed by atoms with Gasteiger partial charge in [0, 0.05) is 11.1 Å². The van der Waals surface area contributed by atoms with Crippen molar-refractivity contribution < 1.29 is 14.3 Å². The number of rotatable bonds is 15. The van der Waals surface area contributed by atoms with E-state index in [9.17, 15) is 9.59 Å². The van der Waals surface area contributed by atoms with Crippen LogP contribution in [-0.2, 0) is 12.8 Å². The van der Waals surface area contributed by atoms with E-state index in [0.717, 1.165) is 32.3 Å². The molecule has 0 aliphatic heterocycles. The molecule has 7 rings (SSSR count). The monoisotopic (exact) mass is 740 g/mol. The highest BCUT2D eigenvalue weighted by Crippen LogP contribution is 2.45. The summed E-state index contributed by atoms with van der Waals surface area (Å²) in [4.78, 5) is 29.5. The number of hydrogen-bond donors (Lipinski definition) is 0. The molecule has 7 aromatic rings. The molecule has 266 valence electrons. The van der Waals surface area contributed by atoms with Gasteiger partial charge in [0.2, 0.25) is 0 Å². The first-order chi connectivity index (χ1) is 26.6. The summed E-state index contributed by atoms with van der Waals surface area (Å²) < 4.78 is 5.95. The van der Waals surface area contributed by atoms with E-state index in [0.29, 0.717) is 29.7 Å². The van der Waals surface area contributed by atoms with E-state index < -0.39 is 15.8 Å². The molecule has 0 radical (unpaired) electrons. The summed E-state index contributed by atoms with van der Waals surface area (Å²) in [5.74, 6) is 0.951. The molecule has 3 nitrogen and oxygen atoms in total. The van der Waals surface area contributed by atoms with E-state index in [4.69, 9.17) is 4.74 Å². The Kier molecular flexibility index (Phi) is 12.3. The van der Waals surface area contributed by atoms with Gasteiger partial charge in [0.15, 0.2) is 11.6 Å². The zero-order valence-electron chi connectivity index (χ0n) is 30.2. The standard InChI is InChI=1S/C49H42O3P2/c1-52-41-33-37(35-46(48(50)39-20-8-2-9-21-39)53(42-24-12-4-13-25-42)43-26-14-5-15-27-43)32-38(34-41)36-47(49(51)40-22-10-3-11-23-40)54(44-28-16-6-17-29-44)45-30-18-7-19-31-45/h2-34,46-47H,35-36H2,1H3/t46-,47-/m1/s1. The lowest BCUT2D eigenvalue weighted by atomic mass is 9.97. The normalized spacial score (nSPS) is 12.3. The van der Waals surface area contributed by atoms with Crippen molar-refractivity contribution in [2.75, 3.05) is 7.11 Å². The predicted octanol–water partition coefficient (Wildman–Crippen LogP) is 9.55. The molecule has 54 heavy (non-hydrogen) atoms. The lowest BCUT2D eigenvalue weighted by molar-refractivity contribution is 0.0980. The van der Waals surface area contributed by atoms with Crippen LogP contribution in [0.5, 0.6) is 5.75 Å². The second-order valence-corrected chi connectivity index (χ2v) is 18.0. The van der Waals surface area contributed by atoms with Crippen LogP contribution in [0.25, 0.3) is 0 Å². The van der Waals surface area contributed by atoms with Gasteiger partial charge in [-0.2, -0.15) is 0 Å². The maximum absolute atomic E-state index is 14.7. The number of carbonyl (C=O) groups is 2. The number of hydrogen-bond acceptors (Lipinski definition) is 3. The minimum Gasteiger partial charge on any atom is -0.497 e. The Hall–Kier alpha value is -5.46. The Balaban J connectivity index is 1.33. The summed E-state index contributed by atoms with van der Waals surface area (Å²) >= 11 is 0. The smallest absolute Gasteiger partial charge is 0.171 e. The predicted molar refractivity (Wildman–Crippen MR) is 228 cm³/mol. The maximum Gasteiger partial charge on any atom is 0.171 e. The Labute approximate surface area is 321 Å². The second-order valence-electron chi connectivity index (χ2n) is 13.2. The fourth-order valence-electron chi connectivity index (χ4n) is 7.09. The first-order valence-electron chi connectivity index (χ1n) is 18.2. The highest BCUT2D eigenvalue weighted by atomic mass is 31.1. The van der Waals surface area contributed by atoms with E-state index in [1.165, 1.54) is 0 Å². The SMILES string of the molecule is COc1cc(C[C@H](C(=O)c2ccccc2)P(c2ccccc2)c2ccccc2)cc(C[C@H](C(=O)c2ccccc2)P(c2ccccc2)c2ccccc2)c1. The van der Waals surface area contributed by atoms with Gasteiger partial charge < -0.3 is 4.74 Å². The molecule has 0 saturated heterocycles. The van der Waals surface area contributed by atoms with Gasteiger partial charge in [-0.25, -0.2) is 0 Å². The molecule has 0 saturated carbocycles. The van der Waals surface area contributed by atoms with Crippen LogP contribution in [0.2, 0.25) is 0 Å².